The topological polar surface area (TPSA) is 172 Å². The van der Waals surface area contributed by atoms with Crippen LogP contribution in [0.25, 0.3) is 11.1 Å². The third kappa shape index (κ3) is 4.94. The molecule has 1 unspecified atom stereocenters. The molecule has 0 radical (unpaired) electrons. The lowest BCUT2D eigenvalue weighted by Crippen LogP contribution is -2.44. The van der Waals surface area contributed by atoms with Crippen LogP contribution in [-0.4, -0.2) is 52.4 Å². The Morgan fingerprint density at radius 2 is 1.75 bits per heavy atom. The number of carboxylic acids is 1. The van der Waals surface area contributed by atoms with Gasteiger partial charge in [-0.05, 0) is 35.1 Å². The van der Waals surface area contributed by atoms with Gasteiger partial charge in [0.1, 0.15) is 12.6 Å². The molecule has 3 rings (SSSR count). The summed E-state index contributed by atoms with van der Waals surface area (Å²) in [5.41, 5.74) is 9.32. The van der Waals surface area contributed by atoms with Gasteiger partial charge in [-0.2, -0.15) is 0 Å². The molecule has 0 bridgehead atoms. The van der Waals surface area contributed by atoms with Crippen LogP contribution in [0.5, 0.6) is 0 Å². The lowest BCUT2D eigenvalue weighted by atomic mass is 9.98. The number of nitrogens with one attached hydrogen (secondary N) is 2. The Bertz CT molecular complexity index is 983. The van der Waals surface area contributed by atoms with Gasteiger partial charge < -0.3 is 20.9 Å². The number of hydrogen-bond acceptors (Lipinski definition) is 6. The summed E-state index contributed by atoms with van der Waals surface area (Å²) in [6.07, 6.45) is -0.977. The maximum Gasteiger partial charge on any atom is 0.407 e. The standard InChI is InChI=1S/C21H23N5O6/c22-20(23)25(26(30)31)11-5-10-18(19(27)28)24-21(29)32-12-17-15-8-3-1-6-13(15)14-7-2-4-9-16(14)17/h1-4,6-9,17-18H,5,10-12H2,(H3,22,23)(H,24,29)(H,27,28). The van der Waals surface area contributed by atoms with Gasteiger partial charge in [0.2, 0.25) is 0 Å². The summed E-state index contributed by atoms with van der Waals surface area (Å²) >= 11 is 0. The molecule has 32 heavy (non-hydrogen) atoms. The Morgan fingerprint density at radius 3 is 2.25 bits per heavy atom. The second-order valence-corrected chi connectivity index (χ2v) is 7.25. The highest BCUT2D eigenvalue weighted by Crippen LogP contribution is 2.44. The van der Waals surface area contributed by atoms with E-state index in [0.29, 0.717) is 5.01 Å². The Balaban J connectivity index is 1.58. The molecule has 11 heteroatoms. The molecule has 5 N–H and O–H groups in total. The van der Waals surface area contributed by atoms with E-state index in [1.807, 2.05) is 48.5 Å². The van der Waals surface area contributed by atoms with Crippen LogP contribution >= 0.6 is 0 Å². The highest BCUT2D eigenvalue weighted by atomic mass is 16.7. The van der Waals surface area contributed by atoms with E-state index in [1.54, 1.807) is 0 Å². The van der Waals surface area contributed by atoms with Crippen molar-refractivity contribution in [1.29, 1.82) is 5.41 Å². The Morgan fingerprint density at radius 1 is 1.19 bits per heavy atom. The molecule has 2 aromatic rings. The first kappa shape index (κ1) is 22.5. The van der Waals surface area contributed by atoms with Crippen LogP contribution in [0.4, 0.5) is 4.79 Å². The summed E-state index contributed by atoms with van der Waals surface area (Å²) in [6.45, 7) is -0.232. The number of benzene rings is 2. The summed E-state index contributed by atoms with van der Waals surface area (Å²) in [7, 11) is 0. The van der Waals surface area contributed by atoms with Crippen LogP contribution in [0, 0.1) is 15.5 Å². The largest absolute Gasteiger partial charge is 0.480 e. The molecule has 0 aromatic heterocycles. The summed E-state index contributed by atoms with van der Waals surface area (Å²) in [5.74, 6) is -2.22. The van der Waals surface area contributed by atoms with Gasteiger partial charge in [0.05, 0.1) is 6.54 Å². The minimum absolute atomic E-state index is 0.0151. The molecule has 0 aliphatic heterocycles. The third-order valence-corrected chi connectivity index (χ3v) is 5.27. The van der Waals surface area contributed by atoms with E-state index in [4.69, 9.17) is 15.9 Å². The van der Waals surface area contributed by atoms with Gasteiger partial charge in [0.25, 0.3) is 5.96 Å². The lowest BCUT2D eigenvalue weighted by molar-refractivity contribution is -0.629. The number of rotatable bonds is 9. The van der Waals surface area contributed by atoms with E-state index in [9.17, 15) is 24.8 Å². The maximum atomic E-state index is 12.3. The molecule has 11 nitrogen and oxygen atoms in total. The van der Waals surface area contributed by atoms with Crippen molar-refractivity contribution in [3.8, 4) is 11.1 Å². The normalized spacial score (nSPS) is 12.9. The van der Waals surface area contributed by atoms with Crippen LogP contribution < -0.4 is 11.1 Å². The summed E-state index contributed by atoms with van der Waals surface area (Å²) in [5, 5.41) is 29.2. The average Bonchev–Trinajstić information content (AvgIpc) is 3.07. The molecule has 0 heterocycles. The number of guanidine groups is 1. The van der Waals surface area contributed by atoms with Crippen molar-refractivity contribution in [2.45, 2.75) is 24.8 Å². The number of hydrazine groups is 1. The van der Waals surface area contributed by atoms with E-state index in [1.165, 1.54) is 0 Å². The first-order chi connectivity index (χ1) is 15.3. The van der Waals surface area contributed by atoms with Crippen molar-refractivity contribution in [3.63, 3.8) is 0 Å². The van der Waals surface area contributed by atoms with Gasteiger partial charge in [-0.15, -0.1) is 0 Å². The number of carboxylic acid groups (broad SMARTS) is 1. The van der Waals surface area contributed by atoms with Crippen LogP contribution in [0.3, 0.4) is 0 Å². The average molecular weight is 441 g/mol. The van der Waals surface area contributed by atoms with E-state index < -0.39 is 29.1 Å². The first-order valence-corrected chi connectivity index (χ1v) is 9.89. The maximum absolute atomic E-state index is 12.3. The molecule has 1 amide bonds. The zero-order valence-corrected chi connectivity index (χ0v) is 17.1. The predicted molar refractivity (Wildman–Crippen MR) is 114 cm³/mol. The number of nitro groups is 1. The van der Waals surface area contributed by atoms with Crippen molar-refractivity contribution >= 4 is 18.0 Å². The van der Waals surface area contributed by atoms with Gasteiger partial charge in [-0.3, -0.25) is 5.41 Å². The molecule has 0 spiro atoms. The number of amides is 1. The third-order valence-electron chi connectivity index (χ3n) is 5.27. The number of aliphatic carboxylic acids is 1. The minimum atomic E-state index is -1.30. The molecule has 168 valence electrons. The highest BCUT2D eigenvalue weighted by molar-refractivity contribution is 5.81. The van der Waals surface area contributed by atoms with Crippen molar-refractivity contribution in [2.75, 3.05) is 13.2 Å². The zero-order valence-electron chi connectivity index (χ0n) is 17.1. The molecule has 0 saturated heterocycles. The van der Waals surface area contributed by atoms with E-state index in [-0.39, 0.29) is 31.9 Å². The van der Waals surface area contributed by atoms with Crippen LogP contribution in [-0.2, 0) is 9.53 Å². The summed E-state index contributed by atoms with van der Waals surface area (Å²) in [6, 6.07) is 14.3. The highest BCUT2D eigenvalue weighted by Gasteiger charge is 2.30. The number of nitrogens with zero attached hydrogens (tertiary/aromatic N) is 2. The Kier molecular flexibility index (Phi) is 6.88. The SMILES string of the molecule is N=C(N)N(CCCC(NC(=O)OCC1c2ccccc2-c2ccccc21)C(=O)O)[N+](=O)[O-]. The van der Waals surface area contributed by atoms with Gasteiger partial charge in [-0.1, -0.05) is 53.5 Å². The number of carbonyl (C=O) groups is 2. The van der Waals surface area contributed by atoms with Gasteiger partial charge in [0, 0.05) is 5.92 Å². The fourth-order valence-corrected chi connectivity index (χ4v) is 3.77. The molecule has 0 fully saturated rings. The Hall–Kier alpha value is -4.15. The molecule has 0 saturated carbocycles. The van der Waals surface area contributed by atoms with Gasteiger partial charge >= 0.3 is 12.1 Å². The molecule has 1 atom stereocenters. The van der Waals surface area contributed by atoms with E-state index in [2.05, 4.69) is 5.32 Å². The number of carbonyl (C=O) groups excluding carboxylic acids is 1. The molecular weight excluding hydrogens is 418 g/mol. The quantitative estimate of drug-likeness (QED) is 0.198. The molecule has 2 aromatic carbocycles. The van der Waals surface area contributed by atoms with Crippen molar-refractivity contribution < 1.29 is 24.5 Å². The number of ether oxygens (including phenoxy) is 1. The fraction of sp³-hybridized carbons (Fsp3) is 0.286. The van der Waals surface area contributed by atoms with Crippen molar-refractivity contribution in [1.82, 2.24) is 10.3 Å². The smallest absolute Gasteiger partial charge is 0.407 e. The first-order valence-electron chi connectivity index (χ1n) is 9.89. The fourth-order valence-electron chi connectivity index (χ4n) is 3.77. The van der Waals surface area contributed by atoms with Crippen LogP contribution in [0.15, 0.2) is 48.5 Å². The summed E-state index contributed by atoms with van der Waals surface area (Å²) < 4.78 is 5.34. The Labute approximate surface area is 183 Å². The second-order valence-electron chi connectivity index (χ2n) is 7.25. The second kappa shape index (κ2) is 9.77. The lowest BCUT2D eigenvalue weighted by Gasteiger charge is -2.18. The molecular formula is C21H23N5O6. The number of fused-ring (bicyclic) bond motifs is 3. The number of nitrogens with two attached hydrogens (primary N) is 1. The van der Waals surface area contributed by atoms with E-state index >= 15 is 0 Å². The van der Waals surface area contributed by atoms with Crippen LogP contribution in [0.1, 0.15) is 29.9 Å². The number of hydrogen-bond donors (Lipinski definition) is 4. The minimum Gasteiger partial charge on any atom is -0.480 e. The summed E-state index contributed by atoms with van der Waals surface area (Å²) in [4.78, 5) is 34.6. The molecule has 1 aliphatic carbocycles. The molecule has 1 aliphatic rings. The number of alkyl carbamates (subject to hydrolysis) is 1. The zero-order chi connectivity index (χ0) is 23.3. The predicted octanol–water partition coefficient (Wildman–Crippen LogP) is 2.15. The van der Waals surface area contributed by atoms with Gasteiger partial charge in [0.15, 0.2) is 5.03 Å². The monoisotopic (exact) mass is 441 g/mol. The van der Waals surface area contributed by atoms with E-state index in [0.717, 1.165) is 22.3 Å². The van der Waals surface area contributed by atoms with Crippen LogP contribution in [0.2, 0.25) is 0 Å². The van der Waals surface area contributed by atoms with Crippen molar-refractivity contribution in [2.24, 2.45) is 5.73 Å². The van der Waals surface area contributed by atoms with Crippen molar-refractivity contribution in [3.05, 3.63) is 69.8 Å². The van der Waals surface area contributed by atoms with Gasteiger partial charge in [-0.25, -0.2) is 19.7 Å².